The van der Waals surface area contributed by atoms with E-state index in [1.165, 1.54) is 29.2 Å². The molecule has 1 atom stereocenters. The number of likely N-dealkylation sites (N-methyl/N-ethyl adjacent to an activating group) is 1. The van der Waals surface area contributed by atoms with Gasteiger partial charge in [0.1, 0.15) is 18.2 Å². The van der Waals surface area contributed by atoms with Crippen LogP contribution in [-0.2, 0) is 14.9 Å². The first kappa shape index (κ1) is 23.3. The molecule has 6 nitrogen and oxygen atoms in total. The molecule has 0 radical (unpaired) electrons. The molecule has 1 N–H and O–H groups in total. The molecule has 7 heteroatoms. The number of hydrogen-bond donors (Lipinski definition) is 1. The maximum Gasteiger partial charge on any atom is 0.338 e. The van der Waals surface area contributed by atoms with Crippen LogP contribution >= 0.6 is 0 Å². The van der Waals surface area contributed by atoms with Crippen LogP contribution in [0.3, 0.4) is 0 Å². The van der Waals surface area contributed by atoms with Crippen LogP contribution in [-0.4, -0.2) is 37.2 Å². The molecule has 0 saturated carbocycles. The minimum absolute atomic E-state index is 0.0253. The Kier molecular flexibility index (Phi) is 6.87. The normalized spacial score (nSPS) is 16.6. The summed E-state index contributed by atoms with van der Waals surface area (Å²) in [6.45, 7) is 8.23. The predicted molar refractivity (Wildman–Crippen MR) is 120 cm³/mol. The number of benzene rings is 2. The van der Waals surface area contributed by atoms with E-state index < -0.39 is 12.0 Å². The van der Waals surface area contributed by atoms with Crippen molar-refractivity contribution in [1.82, 2.24) is 10.2 Å². The lowest BCUT2D eigenvalue weighted by atomic mass is 9.85. The van der Waals surface area contributed by atoms with E-state index >= 15 is 0 Å². The van der Waals surface area contributed by atoms with Gasteiger partial charge in [0.05, 0.1) is 23.9 Å². The summed E-state index contributed by atoms with van der Waals surface area (Å²) >= 11 is 0. The number of hydrogen-bond acceptors (Lipinski definition) is 4. The molecule has 0 bridgehead atoms. The van der Waals surface area contributed by atoms with Gasteiger partial charge in [-0.15, -0.1) is 0 Å². The summed E-state index contributed by atoms with van der Waals surface area (Å²) in [5.74, 6) is -0.480. The highest BCUT2D eigenvalue weighted by Gasteiger charge is 2.37. The fraction of sp³-hybridized carbons (Fsp3) is 0.360. The van der Waals surface area contributed by atoms with E-state index in [1.54, 1.807) is 14.0 Å². The van der Waals surface area contributed by atoms with Crippen LogP contribution in [0.2, 0.25) is 0 Å². The third-order valence-corrected chi connectivity index (χ3v) is 5.37. The molecule has 32 heavy (non-hydrogen) atoms. The van der Waals surface area contributed by atoms with Gasteiger partial charge in [-0.3, -0.25) is 4.90 Å². The van der Waals surface area contributed by atoms with Gasteiger partial charge in [-0.1, -0.05) is 45.0 Å². The van der Waals surface area contributed by atoms with Crippen LogP contribution in [0.15, 0.2) is 59.8 Å². The monoisotopic (exact) mass is 440 g/mol. The van der Waals surface area contributed by atoms with Crippen molar-refractivity contribution in [2.24, 2.45) is 0 Å². The number of esters is 1. The molecule has 0 saturated heterocycles. The summed E-state index contributed by atoms with van der Waals surface area (Å²) in [7, 11) is 1.57. The average molecular weight is 441 g/mol. The van der Waals surface area contributed by atoms with Crippen LogP contribution in [0, 0.1) is 5.82 Å². The molecule has 0 aliphatic carbocycles. The van der Waals surface area contributed by atoms with Crippen LogP contribution in [0.1, 0.15) is 44.9 Å². The van der Waals surface area contributed by atoms with Gasteiger partial charge in [-0.25, -0.2) is 14.0 Å². The maximum atomic E-state index is 13.2. The molecule has 170 valence electrons. The van der Waals surface area contributed by atoms with Crippen molar-refractivity contribution in [2.45, 2.75) is 39.2 Å². The third-order valence-electron chi connectivity index (χ3n) is 5.37. The highest BCUT2D eigenvalue weighted by atomic mass is 19.1. The van der Waals surface area contributed by atoms with Crippen molar-refractivity contribution >= 4 is 12.0 Å². The second kappa shape index (κ2) is 9.42. The van der Waals surface area contributed by atoms with E-state index in [-0.39, 0.29) is 30.5 Å². The van der Waals surface area contributed by atoms with Crippen molar-refractivity contribution in [3.8, 4) is 5.75 Å². The molecule has 2 aromatic carbocycles. The van der Waals surface area contributed by atoms with Crippen LogP contribution in [0.25, 0.3) is 0 Å². The fourth-order valence-corrected chi connectivity index (χ4v) is 3.49. The summed E-state index contributed by atoms with van der Waals surface area (Å²) in [6, 6.07) is 12.3. The van der Waals surface area contributed by atoms with E-state index in [9.17, 15) is 14.0 Å². The van der Waals surface area contributed by atoms with E-state index in [0.717, 1.165) is 11.1 Å². The van der Waals surface area contributed by atoms with Gasteiger partial charge in [0.2, 0.25) is 0 Å². The molecule has 1 aliphatic rings. The summed E-state index contributed by atoms with van der Waals surface area (Å²) in [5, 5.41) is 2.89. The average Bonchev–Trinajstić information content (AvgIpc) is 2.75. The second-order valence-electron chi connectivity index (χ2n) is 8.64. The molecule has 0 fully saturated rings. The molecular weight excluding hydrogens is 411 g/mol. The second-order valence-corrected chi connectivity index (χ2v) is 8.64. The molecule has 0 unspecified atom stereocenters. The first-order chi connectivity index (χ1) is 15.1. The molecule has 3 rings (SSSR count). The molecule has 1 heterocycles. The summed E-state index contributed by atoms with van der Waals surface area (Å²) in [4.78, 5) is 27.0. The number of carbonyl (C=O) groups is 2. The van der Waals surface area contributed by atoms with Crippen LogP contribution in [0.4, 0.5) is 9.18 Å². The number of ether oxygens (including phenoxy) is 2. The molecule has 1 aliphatic heterocycles. The zero-order chi connectivity index (χ0) is 23.5. The fourth-order valence-electron chi connectivity index (χ4n) is 3.49. The minimum atomic E-state index is -0.682. The zero-order valence-corrected chi connectivity index (χ0v) is 19.1. The Bertz CT molecular complexity index is 1010. The number of nitrogens with one attached hydrogen (secondary N) is 1. The Morgan fingerprint density at radius 2 is 1.72 bits per heavy atom. The largest absolute Gasteiger partial charge is 0.487 e. The summed E-state index contributed by atoms with van der Waals surface area (Å²) in [6.07, 6.45) is 0. The predicted octanol–water partition coefficient (Wildman–Crippen LogP) is 4.72. The lowest BCUT2D eigenvalue weighted by molar-refractivity contribution is -0.139. The Morgan fingerprint density at radius 1 is 1.09 bits per heavy atom. The number of rotatable bonds is 6. The lowest BCUT2D eigenvalue weighted by Crippen LogP contribution is -2.48. The Hall–Kier alpha value is -3.35. The Balaban J connectivity index is 2.01. The number of carbonyl (C=O) groups excluding carboxylic acids is 2. The third kappa shape index (κ3) is 5.10. The molecule has 0 aromatic heterocycles. The van der Waals surface area contributed by atoms with Gasteiger partial charge in [0, 0.05) is 7.05 Å². The van der Waals surface area contributed by atoms with Gasteiger partial charge in [0.15, 0.2) is 0 Å². The number of nitrogens with zero attached hydrogens (tertiary/aromatic N) is 1. The highest BCUT2D eigenvalue weighted by molar-refractivity contribution is 5.95. The van der Waals surface area contributed by atoms with Gasteiger partial charge in [0.25, 0.3) is 0 Å². The van der Waals surface area contributed by atoms with Gasteiger partial charge in [-0.05, 0) is 47.7 Å². The highest BCUT2D eigenvalue weighted by Crippen LogP contribution is 2.33. The van der Waals surface area contributed by atoms with E-state index in [0.29, 0.717) is 17.0 Å². The zero-order valence-electron chi connectivity index (χ0n) is 19.1. The minimum Gasteiger partial charge on any atom is -0.487 e. The molecule has 2 aromatic rings. The SMILES string of the molecule is CCOC(=O)C1=C(COc2ccc(F)cc2)N(C)C(=O)N[C@H]1c1ccc(C(C)(C)C)cc1. The summed E-state index contributed by atoms with van der Waals surface area (Å²) < 4.78 is 24.3. The van der Waals surface area contributed by atoms with Crippen molar-refractivity contribution in [3.63, 3.8) is 0 Å². The van der Waals surface area contributed by atoms with Crippen molar-refractivity contribution in [1.29, 1.82) is 0 Å². The topological polar surface area (TPSA) is 67.9 Å². The smallest absolute Gasteiger partial charge is 0.338 e. The first-order valence-corrected chi connectivity index (χ1v) is 10.5. The number of amides is 2. The summed E-state index contributed by atoms with van der Waals surface area (Å²) in [5.41, 5.74) is 2.58. The van der Waals surface area contributed by atoms with E-state index in [1.807, 2.05) is 24.3 Å². The molecule has 2 amide bonds. The number of halogens is 1. The molecule has 0 spiro atoms. The van der Waals surface area contributed by atoms with Crippen LogP contribution in [0.5, 0.6) is 5.75 Å². The quantitative estimate of drug-likeness (QED) is 0.661. The van der Waals surface area contributed by atoms with E-state index in [4.69, 9.17) is 9.47 Å². The van der Waals surface area contributed by atoms with Gasteiger partial charge >= 0.3 is 12.0 Å². The maximum absolute atomic E-state index is 13.2. The Labute approximate surface area is 188 Å². The van der Waals surface area contributed by atoms with Gasteiger partial charge in [-0.2, -0.15) is 0 Å². The lowest BCUT2D eigenvalue weighted by Gasteiger charge is -2.34. The van der Waals surface area contributed by atoms with Crippen molar-refractivity contribution in [3.05, 3.63) is 76.7 Å². The van der Waals surface area contributed by atoms with Crippen LogP contribution < -0.4 is 10.1 Å². The van der Waals surface area contributed by atoms with Crippen molar-refractivity contribution < 1.29 is 23.5 Å². The Morgan fingerprint density at radius 3 is 2.28 bits per heavy atom. The standard InChI is InChI=1S/C25H29FN2O4/c1-6-31-23(29)21-20(15-32-19-13-11-18(26)12-14-19)28(5)24(30)27-22(21)16-7-9-17(10-8-16)25(2,3)4/h7-14,22H,6,15H2,1-5H3,(H,27,30)/t22-/m0/s1. The number of urea groups is 1. The van der Waals surface area contributed by atoms with E-state index in [2.05, 4.69) is 26.1 Å². The first-order valence-electron chi connectivity index (χ1n) is 10.5. The molecular formula is C25H29FN2O4. The van der Waals surface area contributed by atoms with Crippen molar-refractivity contribution in [2.75, 3.05) is 20.3 Å². The van der Waals surface area contributed by atoms with Gasteiger partial charge < -0.3 is 14.8 Å².